The van der Waals surface area contributed by atoms with Gasteiger partial charge in [0.05, 0.1) is 13.7 Å². The summed E-state index contributed by atoms with van der Waals surface area (Å²) >= 11 is 0. The van der Waals surface area contributed by atoms with E-state index in [1.54, 1.807) is 0 Å². The third-order valence-corrected chi connectivity index (χ3v) is 8.28. The van der Waals surface area contributed by atoms with Crippen LogP contribution in [-0.2, 0) is 19.1 Å². The van der Waals surface area contributed by atoms with Gasteiger partial charge in [-0.1, -0.05) is 141 Å². The van der Waals surface area contributed by atoms with Gasteiger partial charge >= 0.3 is 11.9 Å². The zero-order valence-electron chi connectivity index (χ0n) is 33.2. The lowest BCUT2D eigenvalue weighted by Crippen LogP contribution is -2.04. The summed E-state index contributed by atoms with van der Waals surface area (Å²) in [6.45, 7) is 5.00. The lowest BCUT2D eigenvalue weighted by atomic mass is 10.1. The van der Waals surface area contributed by atoms with Crippen molar-refractivity contribution in [2.45, 2.75) is 206 Å². The molecule has 0 atom stereocenters. The molecule has 290 valence electrons. The van der Waals surface area contributed by atoms with Gasteiger partial charge in [0.1, 0.15) is 6.61 Å². The number of unbranched alkanes of at least 4 members (excludes halogenated alkanes) is 22. The summed E-state index contributed by atoms with van der Waals surface area (Å²) < 4.78 is 9.63. The molecule has 0 aliphatic heterocycles. The largest absolute Gasteiger partial charge is 0.469 e. The molecule has 5 heteroatoms. The number of aliphatic hydroxyl groups excluding tert-OH is 1. The lowest BCUT2D eigenvalue weighted by molar-refractivity contribution is -0.143. The van der Waals surface area contributed by atoms with Crippen LogP contribution in [0.4, 0.5) is 0 Å². The topological polar surface area (TPSA) is 72.8 Å². The maximum atomic E-state index is 11.4. The van der Waals surface area contributed by atoms with Crippen LogP contribution in [0.1, 0.15) is 206 Å². The fourth-order valence-corrected chi connectivity index (χ4v) is 5.14. The fraction of sp³-hybridized carbons (Fsp3) is 0.778. The van der Waals surface area contributed by atoms with E-state index in [-0.39, 0.29) is 18.5 Å². The molecule has 0 spiro atoms. The Balaban J connectivity index is -0.000000782. The number of hydrogen-bond donors (Lipinski definition) is 1. The van der Waals surface area contributed by atoms with Crippen molar-refractivity contribution in [2.24, 2.45) is 0 Å². The Morgan fingerprint density at radius 1 is 0.520 bits per heavy atom. The first kappa shape index (κ1) is 51.9. The second-order valence-electron chi connectivity index (χ2n) is 13.1. The standard InChI is InChI=1S/C22H38O2.C19H36O2.C4H6O/c1-3-5-7-8-9-10-11-12-13-14-15-16-17-18-19-20-22(23)24-21-6-4-2;1-3-4-5-6-7-8-9-10-11-12-13-14-15-16-17-18-19(20)21-2;1-2-3-4-5/h2,12-13H,3,5-11,14-21H2,1H3;10-11H,3-9,12-18H2,1-2H3;1,5H,3-4H2/b13-12-;11-10-;. The second kappa shape index (κ2) is 50.9. The van der Waals surface area contributed by atoms with Crippen molar-refractivity contribution in [1.29, 1.82) is 0 Å². The second-order valence-corrected chi connectivity index (χ2v) is 13.1. The molecule has 0 radical (unpaired) electrons. The highest BCUT2D eigenvalue weighted by atomic mass is 16.5. The number of carbonyl (C=O) groups is 2. The van der Waals surface area contributed by atoms with Crippen LogP contribution in [0.25, 0.3) is 0 Å². The zero-order valence-corrected chi connectivity index (χ0v) is 33.2. The van der Waals surface area contributed by atoms with E-state index in [1.165, 1.54) is 148 Å². The summed E-state index contributed by atoms with van der Waals surface area (Å²) in [7, 11) is 1.46. The van der Waals surface area contributed by atoms with Crippen molar-refractivity contribution < 1.29 is 24.2 Å². The third kappa shape index (κ3) is 54.9. The Bertz CT molecular complexity index is 816. The maximum absolute atomic E-state index is 11.4. The molecule has 0 saturated heterocycles. The van der Waals surface area contributed by atoms with Gasteiger partial charge in [0.15, 0.2) is 0 Å². The van der Waals surface area contributed by atoms with Crippen molar-refractivity contribution in [1.82, 2.24) is 0 Å². The molecule has 0 heterocycles. The predicted octanol–water partition coefficient (Wildman–Crippen LogP) is 12.8. The van der Waals surface area contributed by atoms with Gasteiger partial charge in [-0.25, -0.2) is 0 Å². The summed E-state index contributed by atoms with van der Waals surface area (Å²) in [5.74, 6) is 4.54. The Kier molecular flexibility index (Phi) is 52.8. The first-order chi connectivity index (χ1) is 24.5. The van der Waals surface area contributed by atoms with Crippen LogP contribution in [0.5, 0.6) is 0 Å². The van der Waals surface area contributed by atoms with Crippen LogP contribution < -0.4 is 0 Å². The Morgan fingerprint density at radius 2 is 0.860 bits per heavy atom. The highest BCUT2D eigenvalue weighted by Gasteiger charge is 2.01. The third-order valence-electron chi connectivity index (χ3n) is 8.28. The predicted molar refractivity (Wildman–Crippen MR) is 216 cm³/mol. The van der Waals surface area contributed by atoms with Crippen LogP contribution in [0, 0.1) is 24.7 Å². The monoisotopic (exact) mass is 701 g/mol. The molecule has 0 saturated carbocycles. The molecule has 0 amide bonds. The molecule has 0 aromatic heterocycles. The molecule has 0 aromatic carbocycles. The molecule has 0 aliphatic carbocycles. The molecule has 0 aromatic rings. The fourth-order valence-electron chi connectivity index (χ4n) is 5.14. The number of rotatable bonds is 33. The summed E-state index contributed by atoms with van der Waals surface area (Å²) in [4.78, 5) is 22.3. The van der Waals surface area contributed by atoms with E-state index < -0.39 is 0 Å². The first-order valence-corrected chi connectivity index (χ1v) is 20.5. The van der Waals surface area contributed by atoms with Crippen molar-refractivity contribution >= 4 is 11.9 Å². The van der Waals surface area contributed by atoms with E-state index in [1.807, 2.05) is 0 Å². The van der Waals surface area contributed by atoms with Crippen molar-refractivity contribution in [3.63, 3.8) is 0 Å². The van der Waals surface area contributed by atoms with E-state index in [9.17, 15) is 9.59 Å². The van der Waals surface area contributed by atoms with E-state index >= 15 is 0 Å². The number of terminal acetylenes is 2. The van der Waals surface area contributed by atoms with Gasteiger partial charge in [-0.05, 0) is 64.2 Å². The van der Waals surface area contributed by atoms with Crippen LogP contribution >= 0.6 is 0 Å². The highest BCUT2D eigenvalue weighted by Crippen LogP contribution is 2.12. The molecule has 5 nitrogen and oxygen atoms in total. The Labute approximate surface area is 311 Å². The number of ether oxygens (including phenoxy) is 2. The van der Waals surface area contributed by atoms with Gasteiger partial charge in [0, 0.05) is 25.7 Å². The van der Waals surface area contributed by atoms with Gasteiger partial charge in [-0.15, -0.1) is 24.7 Å². The molecule has 50 heavy (non-hydrogen) atoms. The first-order valence-electron chi connectivity index (χ1n) is 20.5. The van der Waals surface area contributed by atoms with Crippen molar-refractivity contribution in [3.05, 3.63) is 24.3 Å². The number of methoxy groups -OCH3 is 1. The van der Waals surface area contributed by atoms with Crippen molar-refractivity contribution in [3.8, 4) is 24.7 Å². The van der Waals surface area contributed by atoms with E-state index in [2.05, 4.69) is 54.7 Å². The average molecular weight is 701 g/mol. The summed E-state index contributed by atoms with van der Waals surface area (Å²) in [5, 5.41) is 7.92. The minimum absolute atomic E-state index is 0.0763. The summed E-state index contributed by atoms with van der Waals surface area (Å²) in [6.07, 6.45) is 54.5. The van der Waals surface area contributed by atoms with E-state index in [4.69, 9.17) is 22.7 Å². The Morgan fingerprint density at radius 3 is 1.18 bits per heavy atom. The highest BCUT2D eigenvalue weighted by molar-refractivity contribution is 5.69. The number of carbonyl (C=O) groups excluding carboxylic acids is 2. The number of hydrogen-bond acceptors (Lipinski definition) is 5. The molecule has 0 unspecified atom stereocenters. The minimum atomic E-state index is -0.108. The van der Waals surface area contributed by atoms with Gasteiger partial charge in [0.2, 0.25) is 0 Å². The van der Waals surface area contributed by atoms with Gasteiger partial charge in [-0.3, -0.25) is 9.59 Å². The quantitative estimate of drug-likeness (QED) is 0.0319. The summed E-state index contributed by atoms with van der Waals surface area (Å²) in [6, 6.07) is 0. The van der Waals surface area contributed by atoms with Gasteiger partial charge in [-0.2, -0.15) is 0 Å². The SMILES string of the molecule is C#CCCO.C#CCCOC(=O)CCCCCCC/C=C\CCCCCCCC.CCCCCCCC/C=C\CCCCCCCC(=O)OC. The van der Waals surface area contributed by atoms with E-state index in [0.29, 0.717) is 32.3 Å². The zero-order chi connectivity index (χ0) is 37.4. The van der Waals surface area contributed by atoms with Crippen LogP contribution in [0.3, 0.4) is 0 Å². The van der Waals surface area contributed by atoms with Gasteiger partial charge < -0.3 is 14.6 Å². The maximum Gasteiger partial charge on any atom is 0.305 e. The molecule has 1 N–H and O–H groups in total. The number of allylic oxidation sites excluding steroid dienone is 4. The molecule has 0 bridgehead atoms. The smallest absolute Gasteiger partial charge is 0.305 e. The average Bonchev–Trinajstić information content (AvgIpc) is 3.12. The molecular weight excluding hydrogens is 620 g/mol. The summed E-state index contributed by atoms with van der Waals surface area (Å²) in [5.41, 5.74) is 0. The van der Waals surface area contributed by atoms with Crippen LogP contribution in [-0.4, -0.2) is 37.4 Å². The van der Waals surface area contributed by atoms with E-state index in [0.717, 1.165) is 25.7 Å². The van der Waals surface area contributed by atoms with Crippen LogP contribution in [0.2, 0.25) is 0 Å². The van der Waals surface area contributed by atoms with Gasteiger partial charge in [0.25, 0.3) is 0 Å². The molecular formula is C45H80O5. The lowest BCUT2D eigenvalue weighted by Gasteiger charge is -2.02. The number of esters is 2. The molecule has 0 fully saturated rings. The minimum Gasteiger partial charge on any atom is -0.469 e. The number of aliphatic hydroxyl groups is 1. The molecule has 0 rings (SSSR count). The normalized spacial score (nSPS) is 10.5. The van der Waals surface area contributed by atoms with Crippen molar-refractivity contribution in [2.75, 3.05) is 20.3 Å². The molecule has 0 aliphatic rings. The Hall–Kier alpha value is -2.50. The van der Waals surface area contributed by atoms with Crippen LogP contribution in [0.15, 0.2) is 24.3 Å².